The molecule has 23 heavy (non-hydrogen) atoms. The molecule has 0 saturated carbocycles. The van der Waals surface area contributed by atoms with Crippen LogP contribution < -0.4 is 10.6 Å². The van der Waals surface area contributed by atoms with Crippen LogP contribution in [0.1, 0.15) is 22.8 Å². The lowest BCUT2D eigenvalue weighted by Crippen LogP contribution is -2.51. The van der Waals surface area contributed by atoms with Gasteiger partial charge in [-0.15, -0.1) is 0 Å². The number of pyridine rings is 1. The van der Waals surface area contributed by atoms with Crippen LogP contribution in [0.2, 0.25) is 0 Å². The predicted octanol–water partition coefficient (Wildman–Crippen LogP) is 2.13. The summed E-state index contributed by atoms with van der Waals surface area (Å²) >= 11 is 0. The minimum absolute atomic E-state index is 0.0904. The van der Waals surface area contributed by atoms with Gasteiger partial charge in [-0.2, -0.15) is 0 Å². The highest BCUT2D eigenvalue weighted by molar-refractivity contribution is 5.99. The molecule has 2 N–H and O–H groups in total. The van der Waals surface area contributed by atoms with Crippen molar-refractivity contribution in [3.63, 3.8) is 0 Å². The lowest BCUT2D eigenvalue weighted by Gasteiger charge is -2.32. The van der Waals surface area contributed by atoms with E-state index in [1.165, 1.54) is 0 Å². The van der Waals surface area contributed by atoms with Gasteiger partial charge >= 0.3 is 0 Å². The first-order valence-corrected chi connectivity index (χ1v) is 7.98. The Morgan fingerprint density at radius 3 is 3.00 bits per heavy atom. The molecule has 0 unspecified atom stereocenters. The minimum atomic E-state index is 0.0904. The first-order chi connectivity index (χ1) is 11.2. The number of benzene rings is 1. The summed E-state index contributed by atoms with van der Waals surface area (Å²) in [5.74, 6) is 0.0904. The summed E-state index contributed by atoms with van der Waals surface area (Å²) in [6.07, 6.45) is 3.59. The summed E-state index contributed by atoms with van der Waals surface area (Å²) in [6, 6.07) is 12.0. The maximum Gasteiger partial charge on any atom is 0.256 e. The molecule has 2 aromatic rings. The van der Waals surface area contributed by atoms with Crippen molar-refractivity contribution in [1.29, 1.82) is 0 Å². The van der Waals surface area contributed by atoms with Crippen LogP contribution in [0.5, 0.6) is 0 Å². The number of carbonyl (C=O) groups is 1. The minimum Gasteiger partial charge on any atom is -0.380 e. The van der Waals surface area contributed by atoms with E-state index in [0.29, 0.717) is 12.6 Å². The number of rotatable bonds is 4. The van der Waals surface area contributed by atoms with E-state index in [4.69, 9.17) is 0 Å². The smallest absolute Gasteiger partial charge is 0.256 e. The third-order valence-corrected chi connectivity index (χ3v) is 4.02. The summed E-state index contributed by atoms with van der Waals surface area (Å²) in [5.41, 5.74) is 2.68. The fraction of sp³-hybridized carbons (Fsp3) is 0.333. The van der Waals surface area contributed by atoms with Crippen LogP contribution in [0.4, 0.5) is 5.69 Å². The molecule has 2 heterocycles. The number of para-hydroxylation sites is 1. The van der Waals surface area contributed by atoms with Gasteiger partial charge in [-0.3, -0.25) is 9.78 Å². The summed E-state index contributed by atoms with van der Waals surface area (Å²) in [7, 11) is 0. The Kier molecular flexibility index (Phi) is 4.88. The number of nitrogens with one attached hydrogen (secondary N) is 2. The maximum atomic E-state index is 12.8. The normalized spacial score (nSPS) is 17.8. The molecule has 1 aromatic heterocycles. The van der Waals surface area contributed by atoms with E-state index in [-0.39, 0.29) is 5.91 Å². The Morgan fingerprint density at radius 2 is 2.22 bits per heavy atom. The molecule has 5 heteroatoms. The van der Waals surface area contributed by atoms with Crippen molar-refractivity contribution in [3.8, 4) is 0 Å². The molecule has 0 bridgehead atoms. The molecule has 1 fully saturated rings. The van der Waals surface area contributed by atoms with Gasteiger partial charge in [-0.25, -0.2) is 0 Å². The fourth-order valence-corrected chi connectivity index (χ4v) is 2.81. The van der Waals surface area contributed by atoms with Gasteiger partial charge < -0.3 is 15.5 Å². The maximum absolute atomic E-state index is 12.8. The van der Waals surface area contributed by atoms with Crippen LogP contribution >= 0.6 is 0 Å². The van der Waals surface area contributed by atoms with Crippen molar-refractivity contribution in [3.05, 3.63) is 59.9 Å². The molecule has 0 spiro atoms. The average Bonchev–Trinajstić information content (AvgIpc) is 2.60. The average molecular weight is 310 g/mol. The highest BCUT2D eigenvalue weighted by Gasteiger charge is 2.23. The van der Waals surface area contributed by atoms with Gasteiger partial charge in [0.25, 0.3) is 5.91 Å². The van der Waals surface area contributed by atoms with Crippen molar-refractivity contribution in [1.82, 2.24) is 15.2 Å². The molecular weight excluding hydrogens is 288 g/mol. The van der Waals surface area contributed by atoms with E-state index >= 15 is 0 Å². The molecule has 1 atom stereocenters. The largest absolute Gasteiger partial charge is 0.380 e. The van der Waals surface area contributed by atoms with E-state index in [1.807, 2.05) is 47.5 Å². The zero-order chi connectivity index (χ0) is 16.1. The third kappa shape index (κ3) is 3.87. The SMILES string of the molecule is C[C@@H]1CN(C(=O)c2ccccc2NCc2cccnc2)CCN1. The molecule has 1 aliphatic rings. The van der Waals surface area contributed by atoms with Gasteiger partial charge in [0.15, 0.2) is 0 Å². The molecule has 1 saturated heterocycles. The standard InChI is InChI=1S/C18H22N4O/c1-14-13-22(10-9-20-14)18(23)16-6-2-3-7-17(16)21-12-15-5-4-8-19-11-15/h2-8,11,14,20-21H,9-10,12-13H2,1H3/t14-/m1/s1. The molecule has 3 rings (SSSR count). The summed E-state index contributed by atoms with van der Waals surface area (Å²) in [6.45, 7) is 5.09. The van der Waals surface area contributed by atoms with Crippen LogP contribution in [-0.2, 0) is 6.54 Å². The molecule has 1 amide bonds. The second-order valence-corrected chi connectivity index (χ2v) is 5.87. The van der Waals surface area contributed by atoms with Crippen LogP contribution in [0.3, 0.4) is 0 Å². The zero-order valence-electron chi connectivity index (χ0n) is 13.3. The van der Waals surface area contributed by atoms with Gasteiger partial charge in [-0.1, -0.05) is 18.2 Å². The van der Waals surface area contributed by atoms with E-state index in [1.54, 1.807) is 6.20 Å². The number of hydrogen-bond donors (Lipinski definition) is 2. The number of carbonyl (C=O) groups excluding carboxylic acids is 1. The quantitative estimate of drug-likeness (QED) is 0.908. The summed E-state index contributed by atoms with van der Waals surface area (Å²) in [5, 5.41) is 6.72. The van der Waals surface area contributed by atoms with Gasteiger partial charge in [0.05, 0.1) is 5.56 Å². The second-order valence-electron chi connectivity index (χ2n) is 5.87. The Bertz CT molecular complexity index is 659. The third-order valence-electron chi connectivity index (χ3n) is 4.02. The first-order valence-electron chi connectivity index (χ1n) is 7.98. The Balaban J connectivity index is 1.73. The highest BCUT2D eigenvalue weighted by Crippen LogP contribution is 2.19. The van der Waals surface area contributed by atoms with Crippen molar-refractivity contribution in [2.45, 2.75) is 19.5 Å². The van der Waals surface area contributed by atoms with Crippen LogP contribution in [0.15, 0.2) is 48.8 Å². The van der Waals surface area contributed by atoms with Crippen molar-refractivity contribution in [2.24, 2.45) is 0 Å². The lowest BCUT2D eigenvalue weighted by atomic mass is 10.1. The molecular formula is C18H22N4O. The Labute approximate surface area is 136 Å². The summed E-state index contributed by atoms with van der Waals surface area (Å²) < 4.78 is 0. The lowest BCUT2D eigenvalue weighted by molar-refractivity contribution is 0.0710. The Hall–Kier alpha value is -2.40. The van der Waals surface area contributed by atoms with Gasteiger partial charge in [-0.05, 0) is 30.7 Å². The van der Waals surface area contributed by atoms with Crippen molar-refractivity contribution < 1.29 is 4.79 Å². The van der Waals surface area contributed by atoms with E-state index in [0.717, 1.165) is 36.4 Å². The van der Waals surface area contributed by atoms with Gasteiger partial charge in [0.1, 0.15) is 0 Å². The van der Waals surface area contributed by atoms with Crippen molar-refractivity contribution >= 4 is 11.6 Å². The molecule has 1 aliphatic heterocycles. The molecule has 5 nitrogen and oxygen atoms in total. The number of piperazine rings is 1. The number of nitrogens with zero attached hydrogens (tertiary/aromatic N) is 2. The van der Waals surface area contributed by atoms with Crippen molar-refractivity contribution in [2.75, 3.05) is 25.0 Å². The second kappa shape index (κ2) is 7.24. The topological polar surface area (TPSA) is 57.3 Å². The van der Waals surface area contributed by atoms with E-state index in [2.05, 4.69) is 22.5 Å². The number of hydrogen-bond acceptors (Lipinski definition) is 4. The summed E-state index contributed by atoms with van der Waals surface area (Å²) in [4.78, 5) is 18.9. The van der Waals surface area contributed by atoms with Crippen LogP contribution in [0, 0.1) is 0 Å². The predicted molar refractivity (Wildman–Crippen MR) is 91.4 cm³/mol. The van der Waals surface area contributed by atoms with Gasteiger partial charge in [0.2, 0.25) is 0 Å². The number of aromatic nitrogens is 1. The Morgan fingerprint density at radius 1 is 1.35 bits per heavy atom. The van der Waals surface area contributed by atoms with Crippen LogP contribution in [0.25, 0.3) is 0 Å². The number of anilines is 1. The monoisotopic (exact) mass is 310 g/mol. The van der Waals surface area contributed by atoms with E-state index in [9.17, 15) is 4.79 Å². The zero-order valence-corrected chi connectivity index (χ0v) is 13.3. The molecule has 0 radical (unpaired) electrons. The fourth-order valence-electron chi connectivity index (χ4n) is 2.81. The highest BCUT2D eigenvalue weighted by atomic mass is 16.2. The van der Waals surface area contributed by atoms with Gasteiger partial charge in [0, 0.05) is 50.3 Å². The van der Waals surface area contributed by atoms with E-state index < -0.39 is 0 Å². The molecule has 1 aromatic carbocycles. The first kappa shape index (κ1) is 15.5. The van der Waals surface area contributed by atoms with Crippen LogP contribution in [-0.4, -0.2) is 41.5 Å². The molecule has 120 valence electrons. The number of amides is 1. The molecule has 0 aliphatic carbocycles.